The van der Waals surface area contributed by atoms with Crippen LogP contribution in [0.2, 0.25) is 0 Å². The third-order valence-corrected chi connectivity index (χ3v) is 3.51. The molecule has 0 aliphatic heterocycles. The molecule has 0 unspecified atom stereocenters. The molecule has 0 spiro atoms. The number of benzene rings is 1. The second-order valence-corrected chi connectivity index (χ2v) is 5.82. The standard InChI is InChI=1S/C11H15NO3S/c1-15-10-7-8-5-3-4-6-9(8)11(10)12-16(2,13)14/h3-6,10-12H,7H2,1-2H3/t10-,11-/m1/s1. The van der Waals surface area contributed by atoms with Gasteiger partial charge in [0.2, 0.25) is 10.0 Å². The van der Waals surface area contributed by atoms with E-state index in [9.17, 15) is 8.42 Å². The minimum atomic E-state index is -3.22. The van der Waals surface area contributed by atoms with Gasteiger partial charge in [0, 0.05) is 13.5 Å². The molecular formula is C11H15NO3S. The van der Waals surface area contributed by atoms with Crippen molar-refractivity contribution in [1.82, 2.24) is 4.72 Å². The molecule has 1 aliphatic carbocycles. The molecule has 0 saturated carbocycles. The Bertz CT molecular complexity index is 484. The summed E-state index contributed by atoms with van der Waals surface area (Å²) < 4.78 is 30.5. The molecule has 0 heterocycles. The Kier molecular flexibility index (Phi) is 3.01. The number of rotatable bonds is 3. The first-order chi connectivity index (χ1) is 7.51. The van der Waals surface area contributed by atoms with Crippen LogP contribution in [0.25, 0.3) is 0 Å². The van der Waals surface area contributed by atoms with E-state index in [1.165, 1.54) is 6.26 Å². The molecule has 0 fully saturated rings. The van der Waals surface area contributed by atoms with Gasteiger partial charge >= 0.3 is 0 Å². The summed E-state index contributed by atoms with van der Waals surface area (Å²) in [6.07, 6.45) is 1.80. The van der Waals surface area contributed by atoms with Crippen molar-refractivity contribution in [2.45, 2.75) is 18.6 Å². The molecule has 0 radical (unpaired) electrons. The summed E-state index contributed by atoms with van der Waals surface area (Å²) >= 11 is 0. The lowest BCUT2D eigenvalue weighted by molar-refractivity contribution is 0.0860. The first-order valence-corrected chi connectivity index (χ1v) is 6.98. The van der Waals surface area contributed by atoms with Crippen molar-refractivity contribution < 1.29 is 13.2 Å². The van der Waals surface area contributed by atoms with E-state index in [1.54, 1.807) is 7.11 Å². The number of hydrogen-bond acceptors (Lipinski definition) is 3. The van der Waals surface area contributed by atoms with Crippen LogP contribution in [0.3, 0.4) is 0 Å². The Balaban J connectivity index is 2.34. The lowest BCUT2D eigenvalue weighted by atomic mass is 10.1. The van der Waals surface area contributed by atoms with E-state index < -0.39 is 10.0 Å². The fourth-order valence-electron chi connectivity index (χ4n) is 2.15. The molecular weight excluding hydrogens is 226 g/mol. The van der Waals surface area contributed by atoms with Crippen molar-refractivity contribution in [3.8, 4) is 0 Å². The van der Waals surface area contributed by atoms with Gasteiger partial charge in [0.05, 0.1) is 18.4 Å². The molecule has 1 aliphatic rings. The minimum Gasteiger partial charge on any atom is -0.379 e. The first-order valence-electron chi connectivity index (χ1n) is 5.09. The third-order valence-electron chi connectivity index (χ3n) is 2.83. The zero-order valence-corrected chi connectivity index (χ0v) is 10.1. The molecule has 2 atom stereocenters. The van der Waals surface area contributed by atoms with E-state index in [-0.39, 0.29) is 12.1 Å². The summed E-state index contributed by atoms with van der Waals surface area (Å²) in [6.45, 7) is 0. The van der Waals surface area contributed by atoms with Crippen LogP contribution in [0.1, 0.15) is 17.2 Å². The molecule has 0 saturated heterocycles. The summed E-state index contributed by atoms with van der Waals surface area (Å²) in [5.41, 5.74) is 2.16. The van der Waals surface area contributed by atoms with Crippen LogP contribution < -0.4 is 4.72 Å². The predicted octanol–water partition coefficient (Wildman–Crippen LogP) is 0.848. The Hall–Kier alpha value is -0.910. The third kappa shape index (κ3) is 2.26. The topological polar surface area (TPSA) is 55.4 Å². The smallest absolute Gasteiger partial charge is 0.209 e. The molecule has 0 bridgehead atoms. The van der Waals surface area contributed by atoms with Gasteiger partial charge in [0.15, 0.2) is 0 Å². The Labute approximate surface area is 95.7 Å². The van der Waals surface area contributed by atoms with Crippen molar-refractivity contribution in [3.05, 3.63) is 35.4 Å². The number of hydrogen-bond donors (Lipinski definition) is 1. The minimum absolute atomic E-state index is 0.118. The fourth-order valence-corrected chi connectivity index (χ4v) is 2.89. The van der Waals surface area contributed by atoms with Gasteiger partial charge in [-0.15, -0.1) is 0 Å². The van der Waals surface area contributed by atoms with E-state index in [2.05, 4.69) is 4.72 Å². The van der Waals surface area contributed by atoms with Crippen LogP contribution >= 0.6 is 0 Å². The average molecular weight is 241 g/mol. The number of sulfonamides is 1. The van der Waals surface area contributed by atoms with Crippen LogP contribution in [0.5, 0.6) is 0 Å². The van der Waals surface area contributed by atoms with Crippen LogP contribution in [-0.2, 0) is 21.2 Å². The van der Waals surface area contributed by atoms with Gasteiger partial charge in [-0.1, -0.05) is 24.3 Å². The molecule has 2 rings (SSSR count). The molecule has 1 N–H and O–H groups in total. The number of nitrogens with one attached hydrogen (secondary N) is 1. The highest BCUT2D eigenvalue weighted by molar-refractivity contribution is 7.88. The van der Waals surface area contributed by atoms with E-state index in [4.69, 9.17) is 4.74 Å². The summed E-state index contributed by atoms with van der Waals surface area (Å²) in [5.74, 6) is 0. The molecule has 4 nitrogen and oxygen atoms in total. The maximum Gasteiger partial charge on any atom is 0.209 e. The lowest BCUT2D eigenvalue weighted by Gasteiger charge is -2.19. The summed E-state index contributed by atoms with van der Waals surface area (Å²) in [7, 11) is -1.62. The van der Waals surface area contributed by atoms with Crippen molar-refractivity contribution in [2.24, 2.45) is 0 Å². The Morgan fingerprint density at radius 2 is 2.06 bits per heavy atom. The number of fused-ring (bicyclic) bond motifs is 1. The van der Waals surface area contributed by atoms with Gasteiger partial charge in [0.1, 0.15) is 0 Å². The summed E-state index contributed by atoms with van der Waals surface area (Å²) in [4.78, 5) is 0. The van der Waals surface area contributed by atoms with Gasteiger partial charge in [-0.2, -0.15) is 0 Å². The zero-order chi connectivity index (χ0) is 11.8. The predicted molar refractivity (Wildman–Crippen MR) is 61.7 cm³/mol. The first kappa shape index (κ1) is 11.6. The second-order valence-electron chi connectivity index (χ2n) is 4.04. The average Bonchev–Trinajstić information content (AvgIpc) is 2.55. The Morgan fingerprint density at radius 3 is 2.69 bits per heavy atom. The summed E-state index contributed by atoms with van der Waals surface area (Å²) in [6, 6.07) is 7.54. The maximum absolute atomic E-state index is 11.3. The zero-order valence-electron chi connectivity index (χ0n) is 9.30. The van der Waals surface area contributed by atoms with Crippen LogP contribution in [0.15, 0.2) is 24.3 Å². The highest BCUT2D eigenvalue weighted by atomic mass is 32.2. The van der Waals surface area contributed by atoms with Crippen LogP contribution in [0.4, 0.5) is 0 Å². The highest BCUT2D eigenvalue weighted by Crippen LogP contribution is 2.33. The number of methoxy groups -OCH3 is 1. The van der Waals surface area contributed by atoms with E-state index in [1.807, 2.05) is 24.3 Å². The maximum atomic E-state index is 11.3. The second kappa shape index (κ2) is 4.16. The van der Waals surface area contributed by atoms with Gasteiger partial charge in [-0.25, -0.2) is 13.1 Å². The highest BCUT2D eigenvalue weighted by Gasteiger charge is 2.33. The van der Waals surface area contributed by atoms with Crippen molar-refractivity contribution in [3.63, 3.8) is 0 Å². The Morgan fingerprint density at radius 1 is 1.38 bits per heavy atom. The molecule has 16 heavy (non-hydrogen) atoms. The van der Waals surface area contributed by atoms with Gasteiger partial charge in [-0.3, -0.25) is 0 Å². The van der Waals surface area contributed by atoms with E-state index >= 15 is 0 Å². The summed E-state index contributed by atoms with van der Waals surface area (Å²) in [5, 5.41) is 0. The molecule has 0 amide bonds. The monoisotopic (exact) mass is 241 g/mol. The molecule has 5 heteroatoms. The SMILES string of the molecule is CO[C@@H]1Cc2ccccc2[C@H]1NS(C)(=O)=O. The van der Waals surface area contributed by atoms with Gasteiger partial charge in [-0.05, 0) is 11.1 Å². The lowest BCUT2D eigenvalue weighted by Crippen LogP contribution is -2.34. The van der Waals surface area contributed by atoms with Crippen LogP contribution in [-0.4, -0.2) is 27.9 Å². The molecule has 88 valence electrons. The quantitative estimate of drug-likeness (QED) is 0.853. The van der Waals surface area contributed by atoms with Crippen LogP contribution in [0, 0.1) is 0 Å². The van der Waals surface area contributed by atoms with Crippen molar-refractivity contribution >= 4 is 10.0 Å². The van der Waals surface area contributed by atoms with Crippen molar-refractivity contribution in [2.75, 3.05) is 13.4 Å². The van der Waals surface area contributed by atoms with Gasteiger partial charge in [0.25, 0.3) is 0 Å². The normalized spacial score (nSPS) is 24.4. The molecule has 0 aromatic heterocycles. The molecule has 1 aromatic carbocycles. The number of ether oxygens (including phenoxy) is 1. The van der Waals surface area contributed by atoms with Gasteiger partial charge < -0.3 is 4.74 Å². The van der Waals surface area contributed by atoms with E-state index in [0.29, 0.717) is 0 Å². The largest absolute Gasteiger partial charge is 0.379 e. The van der Waals surface area contributed by atoms with E-state index in [0.717, 1.165) is 17.5 Å². The fraction of sp³-hybridized carbons (Fsp3) is 0.455. The molecule has 1 aromatic rings. The van der Waals surface area contributed by atoms with Crippen molar-refractivity contribution in [1.29, 1.82) is 0 Å².